The molecule has 0 saturated heterocycles. The fourth-order valence-corrected chi connectivity index (χ4v) is 2.88. The van der Waals surface area contributed by atoms with Gasteiger partial charge in [-0.3, -0.25) is 4.79 Å². The number of carboxylic acids is 1. The van der Waals surface area contributed by atoms with Gasteiger partial charge in [0.05, 0.1) is 11.2 Å². The molecule has 3 N–H and O–H groups in total. The highest BCUT2D eigenvalue weighted by atomic mass is 79.9. The van der Waals surface area contributed by atoms with Crippen LogP contribution in [-0.4, -0.2) is 40.2 Å². The number of carbonyl (C=O) groups excluding carboxylic acids is 1. The van der Waals surface area contributed by atoms with Gasteiger partial charge in [-0.25, -0.2) is 4.79 Å². The zero-order valence-electron chi connectivity index (χ0n) is 13.9. The lowest BCUT2D eigenvalue weighted by atomic mass is 10.1. The molecule has 0 aliphatic carbocycles. The molecule has 24 heavy (non-hydrogen) atoms. The summed E-state index contributed by atoms with van der Waals surface area (Å²) >= 11 is 3.42. The van der Waals surface area contributed by atoms with Crippen LogP contribution in [-0.2, 0) is 9.53 Å². The Bertz CT molecular complexity index is 749. The number of nitrogens with one attached hydrogen (secondary N) is 2. The van der Waals surface area contributed by atoms with Crippen molar-refractivity contribution in [1.82, 2.24) is 10.3 Å². The van der Waals surface area contributed by atoms with E-state index in [9.17, 15) is 14.7 Å². The summed E-state index contributed by atoms with van der Waals surface area (Å²) in [5, 5.41) is 12.6. The number of ether oxygens (including phenoxy) is 1. The van der Waals surface area contributed by atoms with Crippen LogP contribution in [0.3, 0.4) is 0 Å². The van der Waals surface area contributed by atoms with Gasteiger partial charge < -0.3 is 20.1 Å². The molecule has 2 aromatic rings. The molecule has 0 bridgehead atoms. The van der Waals surface area contributed by atoms with Gasteiger partial charge >= 0.3 is 5.97 Å². The van der Waals surface area contributed by atoms with Gasteiger partial charge in [-0.2, -0.15) is 0 Å². The molecule has 0 aliphatic heterocycles. The van der Waals surface area contributed by atoms with Crippen LogP contribution in [0.5, 0.6) is 0 Å². The number of carboxylic acid groups (broad SMARTS) is 1. The minimum atomic E-state index is -1.08. The largest absolute Gasteiger partial charge is 0.480 e. The van der Waals surface area contributed by atoms with Crippen molar-refractivity contribution in [2.45, 2.75) is 38.8 Å². The zero-order chi connectivity index (χ0) is 17.9. The maximum atomic E-state index is 12.5. The van der Waals surface area contributed by atoms with Gasteiger partial charge in [0, 0.05) is 34.6 Å². The lowest BCUT2D eigenvalue weighted by molar-refractivity contribution is -0.140. The molecular weight excluding hydrogens is 376 g/mol. The summed E-state index contributed by atoms with van der Waals surface area (Å²) < 4.78 is 6.32. The highest BCUT2D eigenvalue weighted by molar-refractivity contribution is 9.10. The Morgan fingerprint density at radius 1 is 1.38 bits per heavy atom. The molecule has 0 spiro atoms. The van der Waals surface area contributed by atoms with E-state index in [1.165, 1.54) is 0 Å². The standard InChI is InChI=1S/C17H21BrN2O4/c1-17(2,3)24-8-7-13(16(22)23)20-15(21)10-9-19-12-6-4-5-11(18)14(10)12/h4-6,9,13,19H,7-8H2,1-3H3,(H,20,21)(H,22,23). The van der Waals surface area contributed by atoms with Crippen LogP contribution in [0, 0.1) is 0 Å². The van der Waals surface area contributed by atoms with Crippen molar-refractivity contribution in [3.8, 4) is 0 Å². The Hall–Kier alpha value is -1.86. The zero-order valence-corrected chi connectivity index (χ0v) is 15.4. The quantitative estimate of drug-likeness (QED) is 0.698. The average Bonchev–Trinajstić information content (AvgIpc) is 2.90. The molecule has 0 radical (unpaired) electrons. The van der Waals surface area contributed by atoms with Crippen LogP contribution in [0.25, 0.3) is 10.9 Å². The third-order valence-corrected chi connectivity index (χ3v) is 4.11. The van der Waals surface area contributed by atoms with Crippen molar-refractivity contribution in [2.24, 2.45) is 0 Å². The van der Waals surface area contributed by atoms with Gasteiger partial charge in [0.2, 0.25) is 0 Å². The normalized spacial score (nSPS) is 13.0. The summed E-state index contributed by atoms with van der Waals surface area (Å²) in [6.07, 6.45) is 1.77. The molecule has 130 valence electrons. The van der Waals surface area contributed by atoms with E-state index in [-0.39, 0.29) is 18.6 Å². The summed E-state index contributed by atoms with van der Waals surface area (Å²) in [5.74, 6) is -1.52. The predicted octanol–water partition coefficient (Wildman–Crippen LogP) is 3.32. The molecule has 1 heterocycles. The number of rotatable bonds is 6. The number of amides is 1. The third kappa shape index (κ3) is 4.58. The van der Waals surface area contributed by atoms with Crippen molar-refractivity contribution >= 4 is 38.7 Å². The molecule has 1 atom stereocenters. The molecule has 6 nitrogen and oxygen atoms in total. The topological polar surface area (TPSA) is 91.4 Å². The van der Waals surface area contributed by atoms with Crippen LogP contribution >= 0.6 is 15.9 Å². The number of halogens is 1. The fourth-order valence-electron chi connectivity index (χ4n) is 2.30. The first-order valence-corrected chi connectivity index (χ1v) is 8.41. The summed E-state index contributed by atoms with van der Waals surface area (Å²) in [4.78, 5) is 26.9. The SMILES string of the molecule is CC(C)(C)OCCC(NC(=O)c1c[nH]c2cccc(Br)c12)C(=O)O. The van der Waals surface area contributed by atoms with E-state index in [0.29, 0.717) is 5.56 Å². The number of hydrogen-bond donors (Lipinski definition) is 3. The molecule has 1 aromatic heterocycles. The molecular formula is C17H21BrN2O4. The summed E-state index contributed by atoms with van der Waals surface area (Å²) in [6, 6.07) is 4.53. The number of H-pyrrole nitrogens is 1. The molecule has 0 fully saturated rings. The first-order valence-electron chi connectivity index (χ1n) is 7.62. The highest BCUT2D eigenvalue weighted by Gasteiger charge is 2.23. The Balaban J connectivity index is 2.11. The van der Waals surface area contributed by atoms with Crippen LogP contribution in [0.15, 0.2) is 28.9 Å². The van der Waals surface area contributed by atoms with Gasteiger partial charge in [0.25, 0.3) is 5.91 Å². The second kappa shape index (κ2) is 7.36. The van der Waals surface area contributed by atoms with Gasteiger partial charge in [0.15, 0.2) is 0 Å². The van der Waals surface area contributed by atoms with Crippen LogP contribution in [0.4, 0.5) is 0 Å². The van der Waals surface area contributed by atoms with Crippen LogP contribution < -0.4 is 5.32 Å². The van der Waals surface area contributed by atoms with Gasteiger partial charge in [-0.1, -0.05) is 22.0 Å². The Morgan fingerprint density at radius 2 is 2.08 bits per heavy atom. The maximum absolute atomic E-state index is 12.5. The smallest absolute Gasteiger partial charge is 0.326 e. The minimum absolute atomic E-state index is 0.196. The first kappa shape index (κ1) is 18.5. The van der Waals surface area contributed by atoms with Gasteiger partial charge in [-0.15, -0.1) is 0 Å². The number of carbonyl (C=O) groups is 2. The minimum Gasteiger partial charge on any atom is -0.480 e. The molecule has 1 aromatic carbocycles. The number of fused-ring (bicyclic) bond motifs is 1. The van der Waals surface area contributed by atoms with Crippen LogP contribution in [0.2, 0.25) is 0 Å². The monoisotopic (exact) mass is 396 g/mol. The van der Waals surface area contributed by atoms with Gasteiger partial charge in [0.1, 0.15) is 6.04 Å². The van der Waals surface area contributed by atoms with E-state index in [2.05, 4.69) is 26.2 Å². The number of hydrogen-bond acceptors (Lipinski definition) is 3. The molecule has 1 unspecified atom stereocenters. The lowest BCUT2D eigenvalue weighted by Gasteiger charge is -2.21. The average molecular weight is 397 g/mol. The second-order valence-corrected chi connectivity index (χ2v) is 7.33. The molecule has 0 aliphatic rings. The summed E-state index contributed by atoms with van der Waals surface area (Å²) in [6.45, 7) is 5.93. The number of aliphatic carboxylic acids is 1. The van der Waals surface area contributed by atoms with E-state index in [0.717, 1.165) is 15.4 Å². The Kier molecular flexibility index (Phi) is 5.66. The van der Waals surface area contributed by atoms with E-state index in [1.807, 2.05) is 39.0 Å². The van der Waals surface area contributed by atoms with Crippen molar-refractivity contribution in [3.05, 3.63) is 34.4 Å². The van der Waals surface area contributed by atoms with E-state index in [4.69, 9.17) is 4.74 Å². The van der Waals surface area contributed by atoms with E-state index in [1.54, 1.807) is 6.20 Å². The number of aromatic amines is 1. The summed E-state index contributed by atoms with van der Waals surface area (Å²) in [7, 11) is 0. The van der Waals surface area contributed by atoms with E-state index < -0.39 is 17.9 Å². The van der Waals surface area contributed by atoms with Crippen molar-refractivity contribution in [1.29, 1.82) is 0 Å². The molecule has 0 saturated carbocycles. The van der Waals surface area contributed by atoms with Crippen molar-refractivity contribution in [2.75, 3.05) is 6.61 Å². The summed E-state index contributed by atoms with van der Waals surface area (Å²) in [5.41, 5.74) is 0.854. The molecule has 7 heteroatoms. The second-order valence-electron chi connectivity index (χ2n) is 6.48. The molecule has 1 amide bonds. The lowest BCUT2D eigenvalue weighted by Crippen LogP contribution is -2.42. The van der Waals surface area contributed by atoms with Crippen LogP contribution in [0.1, 0.15) is 37.6 Å². The fraction of sp³-hybridized carbons (Fsp3) is 0.412. The first-order chi connectivity index (χ1) is 11.2. The maximum Gasteiger partial charge on any atom is 0.326 e. The van der Waals surface area contributed by atoms with Gasteiger partial charge in [-0.05, 0) is 32.9 Å². The Labute approximate surface area is 148 Å². The van der Waals surface area contributed by atoms with Crippen molar-refractivity contribution < 1.29 is 19.4 Å². The third-order valence-electron chi connectivity index (χ3n) is 3.44. The van der Waals surface area contributed by atoms with Crippen molar-refractivity contribution in [3.63, 3.8) is 0 Å². The highest BCUT2D eigenvalue weighted by Crippen LogP contribution is 2.27. The Morgan fingerprint density at radius 3 is 2.71 bits per heavy atom. The molecule has 2 rings (SSSR count). The number of aromatic nitrogens is 1. The predicted molar refractivity (Wildman–Crippen MR) is 95.2 cm³/mol. The number of benzene rings is 1. The van der Waals surface area contributed by atoms with E-state index >= 15 is 0 Å².